The first-order valence-electron chi connectivity index (χ1n) is 6.30. The van der Waals surface area contributed by atoms with Crippen LogP contribution in [0.3, 0.4) is 0 Å². The molecule has 0 aliphatic rings. The molecule has 0 spiro atoms. The first kappa shape index (κ1) is 16.4. The molecule has 1 N–H and O–H groups in total. The van der Waals surface area contributed by atoms with Gasteiger partial charge in [-0.2, -0.15) is 14.9 Å². The fourth-order valence-corrected chi connectivity index (χ4v) is 3.55. The highest BCUT2D eigenvalue weighted by Gasteiger charge is 2.07. The van der Waals surface area contributed by atoms with Gasteiger partial charge in [0.15, 0.2) is 5.82 Å². The Hall–Kier alpha value is -0.990. The third-order valence-corrected chi connectivity index (χ3v) is 4.18. The fourth-order valence-electron chi connectivity index (χ4n) is 1.80. The highest BCUT2D eigenvalue weighted by Crippen LogP contribution is 2.33. The monoisotopic (exact) mass is 432 g/mol. The molecule has 112 valence electrons. The molecule has 2 rings (SSSR count). The minimum absolute atomic E-state index is 0.487. The smallest absolute Gasteiger partial charge is 0.216 e. The van der Waals surface area contributed by atoms with Crippen LogP contribution in [0.1, 0.15) is 24.7 Å². The molecular formula is C13H14Br2N4OS. The van der Waals surface area contributed by atoms with Crippen LogP contribution in [-0.2, 0) is 6.42 Å². The number of hydrogen-bond acceptors (Lipinski definition) is 4. The van der Waals surface area contributed by atoms with Crippen LogP contribution in [0.4, 0.5) is 0 Å². The molecule has 21 heavy (non-hydrogen) atoms. The Balaban J connectivity index is 2.34. The fraction of sp³-hybridized carbons (Fsp3) is 0.308. The number of hydrogen-bond donors (Lipinski definition) is 1. The predicted octanol–water partition coefficient (Wildman–Crippen LogP) is 4.31. The number of ether oxygens (including phenoxy) is 1. The topological polar surface area (TPSA) is 55.2 Å². The zero-order valence-electron chi connectivity index (χ0n) is 11.6. The van der Waals surface area contributed by atoms with Crippen LogP contribution in [0.2, 0.25) is 0 Å². The summed E-state index contributed by atoms with van der Waals surface area (Å²) >= 11 is 12.1. The van der Waals surface area contributed by atoms with E-state index in [9.17, 15) is 0 Å². The third-order valence-electron chi connectivity index (χ3n) is 2.74. The molecule has 1 heterocycles. The molecule has 0 bridgehead atoms. The molecule has 0 radical (unpaired) electrons. The zero-order valence-corrected chi connectivity index (χ0v) is 15.5. The molecule has 0 atom stereocenters. The van der Waals surface area contributed by atoms with Crippen LogP contribution in [0.15, 0.2) is 26.2 Å². The van der Waals surface area contributed by atoms with Crippen molar-refractivity contribution in [1.29, 1.82) is 0 Å². The van der Waals surface area contributed by atoms with E-state index in [1.807, 2.05) is 12.1 Å². The summed E-state index contributed by atoms with van der Waals surface area (Å²) < 4.78 is 9.11. The molecule has 0 saturated carbocycles. The maximum Gasteiger partial charge on any atom is 0.216 e. The van der Waals surface area contributed by atoms with Gasteiger partial charge in [0, 0.05) is 6.42 Å². The van der Waals surface area contributed by atoms with Gasteiger partial charge >= 0.3 is 0 Å². The highest BCUT2D eigenvalue weighted by atomic mass is 79.9. The lowest BCUT2D eigenvalue weighted by Crippen LogP contribution is -1.99. The maximum atomic E-state index is 5.28. The average Bonchev–Trinajstić information content (AvgIpc) is 2.77. The van der Waals surface area contributed by atoms with Crippen molar-refractivity contribution in [2.75, 3.05) is 7.11 Å². The van der Waals surface area contributed by atoms with Crippen molar-refractivity contribution in [3.05, 3.63) is 37.2 Å². The van der Waals surface area contributed by atoms with Crippen LogP contribution in [0.5, 0.6) is 5.75 Å². The van der Waals surface area contributed by atoms with Crippen molar-refractivity contribution >= 4 is 50.3 Å². The number of H-pyrrole nitrogens is 1. The second-order valence-electron chi connectivity index (χ2n) is 4.27. The van der Waals surface area contributed by atoms with Crippen molar-refractivity contribution in [2.45, 2.75) is 19.8 Å². The molecule has 2 aromatic rings. The molecule has 8 heteroatoms. The number of aromatic amines is 1. The Kier molecular flexibility index (Phi) is 5.72. The van der Waals surface area contributed by atoms with Gasteiger partial charge in [0.05, 0.1) is 22.3 Å². The van der Waals surface area contributed by atoms with Crippen LogP contribution >= 0.6 is 44.1 Å². The van der Waals surface area contributed by atoms with E-state index in [1.54, 1.807) is 18.0 Å². The largest absolute Gasteiger partial charge is 0.494 e. The Morgan fingerprint density at radius 1 is 1.43 bits per heavy atom. The van der Waals surface area contributed by atoms with Crippen molar-refractivity contribution in [2.24, 2.45) is 5.10 Å². The average molecular weight is 434 g/mol. The van der Waals surface area contributed by atoms with Crippen molar-refractivity contribution < 1.29 is 4.74 Å². The van der Waals surface area contributed by atoms with E-state index in [4.69, 9.17) is 17.0 Å². The lowest BCUT2D eigenvalue weighted by molar-refractivity contribution is 0.409. The van der Waals surface area contributed by atoms with Gasteiger partial charge in [-0.1, -0.05) is 6.92 Å². The Bertz CT molecular complexity index is 700. The summed E-state index contributed by atoms with van der Waals surface area (Å²) in [5, 5.41) is 11.3. The van der Waals surface area contributed by atoms with Gasteiger partial charge in [-0.05, 0) is 68.2 Å². The number of aromatic nitrogens is 3. The first-order valence-corrected chi connectivity index (χ1v) is 8.30. The second kappa shape index (κ2) is 7.33. The first-order chi connectivity index (χ1) is 10.1. The van der Waals surface area contributed by atoms with Crippen molar-refractivity contribution in [1.82, 2.24) is 14.9 Å². The van der Waals surface area contributed by atoms with E-state index in [0.717, 1.165) is 38.9 Å². The SMILES string of the molecule is CCCc1n[nH]c(=S)n1/N=C\c1cc(Br)c(OC)c(Br)c1. The number of aryl methyl sites for hydroxylation is 1. The van der Waals surface area contributed by atoms with Gasteiger partial charge in [0.1, 0.15) is 5.75 Å². The molecule has 0 aliphatic carbocycles. The van der Waals surface area contributed by atoms with Gasteiger partial charge in [0.25, 0.3) is 0 Å². The summed E-state index contributed by atoms with van der Waals surface area (Å²) in [6, 6.07) is 3.85. The number of methoxy groups -OCH3 is 1. The van der Waals surface area contributed by atoms with Crippen LogP contribution in [0, 0.1) is 4.77 Å². The van der Waals surface area contributed by atoms with Crippen molar-refractivity contribution in [3.8, 4) is 5.75 Å². The molecule has 5 nitrogen and oxygen atoms in total. The third kappa shape index (κ3) is 3.81. The van der Waals surface area contributed by atoms with Gasteiger partial charge in [-0.15, -0.1) is 0 Å². The number of nitrogens with one attached hydrogen (secondary N) is 1. The lowest BCUT2D eigenvalue weighted by Gasteiger charge is -2.06. The summed E-state index contributed by atoms with van der Waals surface area (Å²) in [5.74, 6) is 1.57. The van der Waals surface area contributed by atoms with E-state index in [2.05, 4.69) is 54.1 Å². The molecule has 0 fully saturated rings. The predicted molar refractivity (Wildman–Crippen MR) is 92.8 cm³/mol. The number of benzene rings is 1. The minimum Gasteiger partial charge on any atom is -0.494 e. The summed E-state index contributed by atoms with van der Waals surface area (Å²) in [6.07, 6.45) is 3.54. The minimum atomic E-state index is 0.487. The molecule has 1 aromatic heterocycles. The van der Waals surface area contributed by atoms with Crippen LogP contribution in [0.25, 0.3) is 0 Å². The summed E-state index contributed by atoms with van der Waals surface area (Å²) in [6.45, 7) is 2.09. The molecular weight excluding hydrogens is 420 g/mol. The molecule has 1 aromatic carbocycles. The number of halogens is 2. The van der Waals surface area contributed by atoms with E-state index in [0.29, 0.717) is 4.77 Å². The van der Waals surface area contributed by atoms with Crippen LogP contribution < -0.4 is 4.74 Å². The highest BCUT2D eigenvalue weighted by molar-refractivity contribution is 9.11. The van der Waals surface area contributed by atoms with Crippen molar-refractivity contribution in [3.63, 3.8) is 0 Å². The second-order valence-corrected chi connectivity index (χ2v) is 6.36. The van der Waals surface area contributed by atoms with Gasteiger partial charge in [-0.25, -0.2) is 0 Å². The lowest BCUT2D eigenvalue weighted by atomic mass is 10.2. The zero-order chi connectivity index (χ0) is 15.4. The number of nitrogens with zero attached hydrogens (tertiary/aromatic N) is 3. The molecule has 0 unspecified atom stereocenters. The maximum absolute atomic E-state index is 5.28. The van der Waals surface area contributed by atoms with Crippen LogP contribution in [-0.4, -0.2) is 28.2 Å². The van der Waals surface area contributed by atoms with Gasteiger partial charge < -0.3 is 4.74 Å². The van der Waals surface area contributed by atoms with E-state index in [-0.39, 0.29) is 0 Å². The standard InChI is InChI=1S/C13H14Br2N4OS/c1-3-4-11-17-18-13(21)19(11)16-7-8-5-9(14)12(20-2)10(15)6-8/h5-7H,3-4H2,1-2H3,(H,18,21)/b16-7-. The summed E-state index contributed by atoms with van der Waals surface area (Å²) in [7, 11) is 1.63. The summed E-state index contributed by atoms with van der Waals surface area (Å²) in [4.78, 5) is 0. The molecule has 0 amide bonds. The Morgan fingerprint density at radius 3 is 2.67 bits per heavy atom. The quantitative estimate of drug-likeness (QED) is 0.564. The summed E-state index contributed by atoms with van der Waals surface area (Å²) in [5.41, 5.74) is 0.917. The Morgan fingerprint density at radius 2 is 2.10 bits per heavy atom. The van der Waals surface area contributed by atoms with E-state index in [1.165, 1.54) is 0 Å². The molecule has 0 aliphatic heterocycles. The normalized spacial score (nSPS) is 11.2. The van der Waals surface area contributed by atoms with Gasteiger partial charge in [-0.3, -0.25) is 5.10 Å². The van der Waals surface area contributed by atoms with E-state index < -0.39 is 0 Å². The van der Waals surface area contributed by atoms with E-state index >= 15 is 0 Å². The Labute approximate surface area is 144 Å². The van der Waals surface area contributed by atoms with Gasteiger partial charge in [0.2, 0.25) is 4.77 Å². The molecule has 0 saturated heterocycles. The number of rotatable bonds is 5.